The number of halogens is 1. The molecule has 3 nitrogen and oxygen atoms in total. The molecule has 0 saturated carbocycles. The van der Waals surface area contributed by atoms with Crippen LogP contribution in [0.25, 0.3) is 10.8 Å². The molecule has 0 aromatic heterocycles. The minimum absolute atomic E-state index is 0.0695. The lowest BCUT2D eigenvalue weighted by atomic mass is 10.1. The fraction of sp³-hybridized carbons (Fsp3) is 0. The Labute approximate surface area is 127 Å². The molecule has 0 N–H and O–H groups in total. The summed E-state index contributed by atoms with van der Waals surface area (Å²) < 4.78 is 29.5. The van der Waals surface area contributed by atoms with E-state index in [-0.39, 0.29) is 10.6 Å². The first-order valence-electron chi connectivity index (χ1n) is 6.23. The molecule has 0 aliphatic carbocycles. The minimum atomic E-state index is -3.86. The van der Waals surface area contributed by atoms with Crippen LogP contribution in [0.1, 0.15) is 0 Å². The van der Waals surface area contributed by atoms with Gasteiger partial charge in [-0.1, -0.05) is 41.9 Å². The molecule has 0 radical (unpaired) electrons. The van der Waals surface area contributed by atoms with Crippen LogP contribution >= 0.6 is 11.6 Å². The maximum absolute atomic E-state index is 12.2. The Bertz CT molecular complexity index is 887. The highest BCUT2D eigenvalue weighted by Crippen LogP contribution is 2.24. The molecule has 106 valence electrons. The predicted octanol–water partition coefficient (Wildman–Crippen LogP) is 4.26. The second-order valence-electron chi connectivity index (χ2n) is 4.50. The highest BCUT2D eigenvalue weighted by atomic mass is 35.5. The Kier molecular flexibility index (Phi) is 3.57. The Morgan fingerprint density at radius 1 is 0.810 bits per heavy atom. The van der Waals surface area contributed by atoms with Crippen molar-refractivity contribution in [3.05, 3.63) is 71.8 Å². The van der Waals surface area contributed by atoms with Crippen molar-refractivity contribution in [1.82, 2.24) is 0 Å². The van der Waals surface area contributed by atoms with Crippen molar-refractivity contribution in [1.29, 1.82) is 0 Å². The maximum atomic E-state index is 12.2. The zero-order chi connectivity index (χ0) is 14.9. The summed E-state index contributed by atoms with van der Waals surface area (Å²) in [4.78, 5) is 0.0695. The summed E-state index contributed by atoms with van der Waals surface area (Å²) in [5.41, 5.74) is 0. The van der Waals surface area contributed by atoms with Crippen LogP contribution < -0.4 is 4.18 Å². The highest BCUT2D eigenvalue weighted by Gasteiger charge is 2.16. The summed E-state index contributed by atoms with van der Waals surface area (Å²) in [7, 11) is -3.86. The quantitative estimate of drug-likeness (QED) is 0.678. The molecule has 3 aromatic carbocycles. The van der Waals surface area contributed by atoms with Gasteiger partial charge in [-0.25, -0.2) is 0 Å². The monoisotopic (exact) mass is 318 g/mol. The molecule has 3 aromatic rings. The van der Waals surface area contributed by atoms with Crippen LogP contribution in [0.15, 0.2) is 71.6 Å². The lowest BCUT2D eigenvalue weighted by Crippen LogP contribution is -2.09. The van der Waals surface area contributed by atoms with Crippen LogP contribution in [0.5, 0.6) is 5.75 Å². The first kappa shape index (κ1) is 13.9. The van der Waals surface area contributed by atoms with Gasteiger partial charge in [0.1, 0.15) is 10.6 Å². The van der Waals surface area contributed by atoms with E-state index in [1.165, 1.54) is 24.3 Å². The van der Waals surface area contributed by atoms with Gasteiger partial charge in [0.2, 0.25) is 0 Å². The van der Waals surface area contributed by atoms with E-state index in [2.05, 4.69) is 0 Å². The second-order valence-corrected chi connectivity index (χ2v) is 6.48. The Morgan fingerprint density at radius 2 is 1.48 bits per heavy atom. The second kappa shape index (κ2) is 5.39. The van der Waals surface area contributed by atoms with Gasteiger partial charge in [0.05, 0.1) is 0 Å². The van der Waals surface area contributed by atoms with E-state index in [1.807, 2.05) is 30.3 Å². The third-order valence-corrected chi connectivity index (χ3v) is 4.54. The first-order valence-corrected chi connectivity index (χ1v) is 8.02. The van der Waals surface area contributed by atoms with E-state index in [9.17, 15) is 8.42 Å². The van der Waals surface area contributed by atoms with Crippen LogP contribution in [-0.2, 0) is 10.1 Å². The van der Waals surface area contributed by atoms with Gasteiger partial charge in [0, 0.05) is 5.02 Å². The SMILES string of the molecule is O=S(=O)(Oc1ccc2ccccc2c1)c1ccc(Cl)cc1. The fourth-order valence-corrected chi connectivity index (χ4v) is 3.04. The van der Waals surface area contributed by atoms with Crippen LogP contribution in [-0.4, -0.2) is 8.42 Å². The van der Waals surface area contributed by atoms with Crippen molar-refractivity contribution in [2.75, 3.05) is 0 Å². The summed E-state index contributed by atoms with van der Waals surface area (Å²) in [5.74, 6) is 0.281. The predicted molar refractivity (Wildman–Crippen MR) is 83.2 cm³/mol. The molecule has 5 heteroatoms. The van der Waals surface area contributed by atoms with Crippen LogP contribution in [0, 0.1) is 0 Å². The summed E-state index contributed by atoms with van der Waals surface area (Å²) >= 11 is 5.75. The topological polar surface area (TPSA) is 43.4 Å². The lowest BCUT2D eigenvalue weighted by molar-refractivity contribution is 0.486. The van der Waals surface area contributed by atoms with Gasteiger partial charge in [-0.3, -0.25) is 0 Å². The van der Waals surface area contributed by atoms with Crippen LogP contribution in [0.4, 0.5) is 0 Å². The highest BCUT2D eigenvalue weighted by molar-refractivity contribution is 7.87. The molecule has 0 aliphatic rings. The molecule has 0 unspecified atom stereocenters. The summed E-state index contributed by atoms with van der Waals surface area (Å²) in [5, 5.41) is 2.41. The van der Waals surface area contributed by atoms with Crippen molar-refractivity contribution in [2.45, 2.75) is 4.90 Å². The summed E-state index contributed by atoms with van der Waals surface area (Å²) in [6, 6.07) is 18.7. The zero-order valence-corrected chi connectivity index (χ0v) is 12.4. The van der Waals surface area contributed by atoms with Crippen LogP contribution in [0.2, 0.25) is 5.02 Å². The third-order valence-electron chi connectivity index (χ3n) is 3.03. The number of rotatable bonds is 3. The average molecular weight is 319 g/mol. The fourth-order valence-electron chi connectivity index (χ4n) is 2.00. The number of hydrogen-bond acceptors (Lipinski definition) is 3. The Balaban J connectivity index is 1.95. The van der Waals surface area contributed by atoms with Crippen LogP contribution in [0.3, 0.4) is 0 Å². The Hall–Kier alpha value is -2.04. The molecular formula is C16H11ClO3S. The normalized spacial score (nSPS) is 11.5. The van der Waals surface area contributed by atoms with E-state index in [0.29, 0.717) is 5.02 Å². The lowest BCUT2D eigenvalue weighted by Gasteiger charge is -2.08. The molecule has 0 atom stereocenters. The number of benzene rings is 3. The van der Waals surface area contributed by atoms with Crippen molar-refractivity contribution in [3.8, 4) is 5.75 Å². The van der Waals surface area contributed by atoms with Gasteiger partial charge in [-0.15, -0.1) is 0 Å². The van der Waals surface area contributed by atoms with E-state index in [0.717, 1.165) is 10.8 Å². The Morgan fingerprint density at radius 3 is 2.19 bits per heavy atom. The van der Waals surface area contributed by atoms with Gasteiger partial charge in [0.15, 0.2) is 0 Å². The van der Waals surface area contributed by atoms with Gasteiger partial charge in [-0.2, -0.15) is 8.42 Å². The van der Waals surface area contributed by atoms with E-state index in [4.69, 9.17) is 15.8 Å². The molecule has 21 heavy (non-hydrogen) atoms. The summed E-state index contributed by atoms with van der Waals surface area (Å²) in [6.07, 6.45) is 0. The molecule has 0 amide bonds. The van der Waals surface area contributed by atoms with Gasteiger partial charge in [-0.05, 0) is 47.2 Å². The third kappa shape index (κ3) is 3.01. The van der Waals surface area contributed by atoms with Crippen molar-refractivity contribution in [3.63, 3.8) is 0 Å². The van der Waals surface area contributed by atoms with Crippen molar-refractivity contribution >= 4 is 32.5 Å². The molecule has 0 aliphatic heterocycles. The number of fused-ring (bicyclic) bond motifs is 1. The molecule has 0 saturated heterocycles. The molecule has 0 fully saturated rings. The minimum Gasteiger partial charge on any atom is -0.379 e. The standard InChI is InChI=1S/C16H11ClO3S/c17-14-6-9-16(10-7-14)21(18,19)20-15-8-5-12-3-1-2-4-13(12)11-15/h1-11H. The number of hydrogen-bond donors (Lipinski definition) is 0. The smallest absolute Gasteiger partial charge is 0.339 e. The first-order chi connectivity index (χ1) is 10.0. The largest absolute Gasteiger partial charge is 0.379 e. The summed E-state index contributed by atoms with van der Waals surface area (Å²) in [6.45, 7) is 0. The molecule has 0 heterocycles. The van der Waals surface area contributed by atoms with Gasteiger partial charge < -0.3 is 4.18 Å². The van der Waals surface area contributed by atoms with E-state index in [1.54, 1.807) is 12.1 Å². The average Bonchev–Trinajstić information content (AvgIpc) is 2.47. The van der Waals surface area contributed by atoms with Gasteiger partial charge >= 0.3 is 10.1 Å². The molecule has 3 rings (SSSR count). The van der Waals surface area contributed by atoms with E-state index < -0.39 is 10.1 Å². The van der Waals surface area contributed by atoms with Crippen molar-refractivity contribution < 1.29 is 12.6 Å². The zero-order valence-electron chi connectivity index (χ0n) is 10.9. The molecular weight excluding hydrogens is 308 g/mol. The molecule has 0 spiro atoms. The van der Waals surface area contributed by atoms with Crippen molar-refractivity contribution in [2.24, 2.45) is 0 Å². The van der Waals surface area contributed by atoms with E-state index >= 15 is 0 Å². The van der Waals surface area contributed by atoms with Gasteiger partial charge in [0.25, 0.3) is 0 Å². The maximum Gasteiger partial charge on any atom is 0.339 e. The molecule has 0 bridgehead atoms.